The molecule has 1 rings (SSSR count). The Morgan fingerprint density at radius 2 is 2.12 bits per heavy atom. The number of hydrogen-bond acceptors (Lipinski definition) is 5. The third kappa shape index (κ3) is 3.32. The quantitative estimate of drug-likeness (QED) is 0.627. The highest BCUT2D eigenvalue weighted by molar-refractivity contribution is 5.53. The molecule has 0 atom stereocenters. The Balaban J connectivity index is 3.22. The van der Waals surface area contributed by atoms with Crippen molar-refractivity contribution in [2.24, 2.45) is 0 Å². The van der Waals surface area contributed by atoms with Crippen LogP contribution in [-0.2, 0) is 6.54 Å². The molecule has 0 unspecified atom stereocenters. The number of nitro groups is 1. The molecular formula is C11H16N2O4. The van der Waals surface area contributed by atoms with Crippen molar-refractivity contribution in [3.8, 4) is 11.5 Å². The van der Waals surface area contributed by atoms with Gasteiger partial charge < -0.3 is 14.7 Å². The minimum Gasteiger partial charge on any atom is -0.504 e. The summed E-state index contributed by atoms with van der Waals surface area (Å²) in [6, 6.07) is 2.59. The van der Waals surface area contributed by atoms with Crippen LogP contribution in [0.5, 0.6) is 11.5 Å². The molecule has 0 amide bonds. The predicted molar refractivity (Wildman–Crippen MR) is 63.3 cm³/mol. The van der Waals surface area contributed by atoms with Gasteiger partial charge in [0, 0.05) is 18.2 Å². The van der Waals surface area contributed by atoms with Gasteiger partial charge in [0.25, 0.3) is 5.69 Å². The number of rotatable bonds is 5. The van der Waals surface area contributed by atoms with Gasteiger partial charge in [-0.25, -0.2) is 0 Å². The van der Waals surface area contributed by atoms with Gasteiger partial charge in [0.2, 0.25) is 0 Å². The van der Waals surface area contributed by atoms with E-state index in [1.54, 1.807) is 6.92 Å². The zero-order valence-corrected chi connectivity index (χ0v) is 10.1. The fraction of sp³-hybridized carbons (Fsp3) is 0.455. The van der Waals surface area contributed by atoms with Gasteiger partial charge in [-0.2, -0.15) is 0 Å². The number of nitro benzene ring substituents is 1. The summed E-state index contributed by atoms with van der Waals surface area (Å²) in [5.74, 6) is 0.115. The van der Waals surface area contributed by atoms with E-state index in [4.69, 9.17) is 4.74 Å². The fourth-order valence-electron chi connectivity index (χ4n) is 1.48. The molecule has 1 N–H and O–H groups in total. The van der Waals surface area contributed by atoms with Crippen molar-refractivity contribution in [1.82, 2.24) is 4.90 Å². The molecule has 94 valence electrons. The number of ether oxygens (including phenoxy) is 1. The lowest BCUT2D eigenvalue weighted by atomic mass is 10.1. The van der Waals surface area contributed by atoms with Gasteiger partial charge in [0.1, 0.15) is 0 Å². The molecule has 6 nitrogen and oxygen atoms in total. The molecule has 0 aliphatic carbocycles. The number of nitrogens with zero attached hydrogens (tertiary/aromatic N) is 2. The number of phenols is 1. The van der Waals surface area contributed by atoms with Crippen LogP contribution in [0.2, 0.25) is 0 Å². The first kappa shape index (κ1) is 13.2. The SMILES string of the molecule is CCOc1cc([N+](=O)[O-])cc(CN(C)C)c1O. The van der Waals surface area contributed by atoms with Gasteiger partial charge in [-0.3, -0.25) is 10.1 Å². The third-order valence-corrected chi connectivity index (χ3v) is 2.14. The molecule has 0 aromatic heterocycles. The molecule has 0 heterocycles. The molecule has 17 heavy (non-hydrogen) atoms. The average Bonchev–Trinajstić information content (AvgIpc) is 2.23. The number of hydrogen-bond donors (Lipinski definition) is 1. The zero-order valence-electron chi connectivity index (χ0n) is 10.1. The molecule has 1 aromatic carbocycles. The topological polar surface area (TPSA) is 75.8 Å². The van der Waals surface area contributed by atoms with Crippen molar-refractivity contribution in [2.45, 2.75) is 13.5 Å². The maximum absolute atomic E-state index is 10.8. The average molecular weight is 240 g/mol. The standard InChI is InChI=1S/C11H16N2O4/c1-4-17-10-6-9(13(15)16)5-8(11(10)14)7-12(2)3/h5-6,14H,4,7H2,1-3H3. The fourth-order valence-corrected chi connectivity index (χ4v) is 1.48. The Morgan fingerprint density at radius 1 is 1.47 bits per heavy atom. The molecule has 0 radical (unpaired) electrons. The Kier molecular flexibility index (Phi) is 4.28. The minimum absolute atomic E-state index is 0.0360. The van der Waals surface area contributed by atoms with E-state index in [0.29, 0.717) is 18.7 Å². The molecule has 0 fully saturated rings. The lowest BCUT2D eigenvalue weighted by Crippen LogP contribution is -2.11. The first-order chi connectivity index (χ1) is 7.95. The van der Waals surface area contributed by atoms with Crippen molar-refractivity contribution in [3.63, 3.8) is 0 Å². The normalized spacial score (nSPS) is 10.6. The zero-order chi connectivity index (χ0) is 13.0. The van der Waals surface area contributed by atoms with Crippen LogP contribution >= 0.6 is 0 Å². The van der Waals surface area contributed by atoms with Crippen LogP contribution in [0, 0.1) is 10.1 Å². The summed E-state index contributed by atoms with van der Waals surface area (Å²) in [7, 11) is 3.64. The lowest BCUT2D eigenvalue weighted by Gasteiger charge is -2.13. The maximum atomic E-state index is 10.8. The van der Waals surface area contributed by atoms with Crippen molar-refractivity contribution in [1.29, 1.82) is 0 Å². The second-order valence-electron chi connectivity index (χ2n) is 3.88. The van der Waals surface area contributed by atoms with Gasteiger partial charge in [-0.1, -0.05) is 0 Å². The molecule has 0 spiro atoms. The molecule has 1 aromatic rings. The lowest BCUT2D eigenvalue weighted by molar-refractivity contribution is -0.385. The van der Waals surface area contributed by atoms with E-state index >= 15 is 0 Å². The molecule has 0 aliphatic heterocycles. The second kappa shape index (κ2) is 5.49. The number of aromatic hydroxyl groups is 1. The molecule has 0 bridgehead atoms. The maximum Gasteiger partial charge on any atom is 0.273 e. The van der Waals surface area contributed by atoms with E-state index < -0.39 is 4.92 Å². The minimum atomic E-state index is -0.499. The Labute approximate surface area is 99.6 Å². The summed E-state index contributed by atoms with van der Waals surface area (Å²) < 4.78 is 5.18. The van der Waals surface area contributed by atoms with Crippen molar-refractivity contribution < 1.29 is 14.8 Å². The Morgan fingerprint density at radius 3 is 2.59 bits per heavy atom. The van der Waals surface area contributed by atoms with E-state index in [-0.39, 0.29) is 17.2 Å². The molecule has 6 heteroatoms. The molecule has 0 saturated carbocycles. The van der Waals surface area contributed by atoms with Gasteiger partial charge in [-0.15, -0.1) is 0 Å². The van der Waals surface area contributed by atoms with Gasteiger partial charge >= 0.3 is 0 Å². The first-order valence-corrected chi connectivity index (χ1v) is 5.23. The summed E-state index contributed by atoms with van der Waals surface area (Å²) in [5.41, 5.74) is 0.399. The number of phenolic OH excluding ortho intramolecular Hbond substituents is 1. The molecular weight excluding hydrogens is 224 g/mol. The summed E-state index contributed by atoms with van der Waals surface area (Å²) in [6.45, 7) is 2.51. The summed E-state index contributed by atoms with van der Waals surface area (Å²) in [4.78, 5) is 12.1. The smallest absolute Gasteiger partial charge is 0.273 e. The highest BCUT2D eigenvalue weighted by Crippen LogP contribution is 2.35. The Bertz CT molecular complexity index is 418. The van der Waals surface area contributed by atoms with Crippen LogP contribution in [0.4, 0.5) is 5.69 Å². The number of benzene rings is 1. The second-order valence-corrected chi connectivity index (χ2v) is 3.88. The van der Waals surface area contributed by atoms with Crippen LogP contribution < -0.4 is 4.74 Å². The van der Waals surface area contributed by atoms with E-state index in [1.165, 1.54) is 12.1 Å². The van der Waals surface area contributed by atoms with Gasteiger partial charge in [0.05, 0.1) is 17.6 Å². The summed E-state index contributed by atoms with van der Waals surface area (Å²) >= 11 is 0. The largest absolute Gasteiger partial charge is 0.504 e. The number of non-ortho nitro benzene ring substituents is 1. The van der Waals surface area contributed by atoms with Crippen molar-refractivity contribution >= 4 is 5.69 Å². The molecule has 0 saturated heterocycles. The van der Waals surface area contributed by atoms with Crippen LogP contribution in [-0.4, -0.2) is 35.6 Å². The monoisotopic (exact) mass is 240 g/mol. The summed E-state index contributed by atoms with van der Waals surface area (Å²) in [6.07, 6.45) is 0. The Hall–Kier alpha value is -1.82. The van der Waals surface area contributed by atoms with Gasteiger partial charge in [0.15, 0.2) is 11.5 Å². The van der Waals surface area contributed by atoms with E-state index in [2.05, 4.69) is 0 Å². The van der Waals surface area contributed by atoms with Crippen LogP contribution in [0.15, 0.2) is 12.1 Å². The highest BCUT2D eigenvalue weighted by Gasteiger charge is 2.17. The third-order valence-electron chi connectivity index (χ3n) is 2.14. The van der Waals surface area contributed by atoms with E-state index in [0.717, 1.165) is 0 Å². The van der Waals surface area contributed by atoms with E-state index in [9.17, 15) is 15.2 Å². The van der Waals surface area contributed by atoms with Crippen LogP contribution in [0.25, 0.3) is 0 Å². The van der Waals surface area contributed by atoms with E-state index in [1.807, 2.05) is 19.0 Å². The summed E-state index contributed by atoms with van der Waals surface area (Å²) in [5, 5.41) is 20.7. The highest BCUT2D eigenvalue weighted by atomic mass is 16.6. The van der Waals surface area contributed by atoms with Crippen molar-refractivity contribution in [2.75, 3.05) is 20.7 Å². The van der Waals surface area contributed by atoms with Crippen LogP contribution in [0.1, 0.15) is 12.5 Å². The first-order valence-electron chi connectivity index (χ1n) is 5.23. The van der Waals surface area contributed by atoms with Crippen LogP contribution in [0.3, 0.4) is 0 Å². The molecule has 0 aliphatic rings. The van der Waals surface area contributed by atoms with Gasteiger partial charge in [-0.05, 0) is 21.0 Å². The van der Waals surface area contributed by atoms with Crippen molar-refractivity contribution in [3.05, 3.63) is 27.8 Å². The predicted octanol–water partition coefficient (Wildman–Crippen LogP) is 1.76.